The van der Waals surface area contributed by atoms with Gasteiger partial charge in [-0.25, -0.2) is 9.48 Å². The van der Waals surface area contributed by atoms with Crippen molar-refractivity contribution in [3.05, 3.63) is 35.1 Å². The molecule has 2 aromatic rings. The molecule has 1 N–H and O–H groups in total. The van der Waals surface area contributed by atoms with Crippen LogP contribution in [0.5, 0.6) is 0 Å². The third kappa shape index (κ3) is 2.60. The van der Waals surface area contributed by atoms with E-state index in [1.807, 2.05) is 40.9 Å². The highest BCUT2D eigenvalue weighted by atomic mass is 16.5. The highest BCUT2D eigenvalue weighted by Crippen LogP contribution is 2.36. The van der Waals surface area contributed by atoms with Gasteiger partial charge in [-0.2, -0.15) is 15.2 Å². The van der Waals surface area contributed by atoms with Gasteiger partial charge >= 0.3 is 5.97 Å². The summed E-state index contributed by atoms with van der Waals surface area (Å²) in [6.07, 6.45) is 3.16. The van der Waals surface area contributed by atoms with E-state index in [4.69, 9.17) is 4.74 Å². The lowest BCUT2D eigenvalue weighted by Crippen LogP contribution is -2.30. The summed E-state index contributed by atoms with van der Waals surface area (Å²) >= 11 is 0. The fourth-order valence-corrected chi connectivity index (χ4v) is 2.81. The summed E-state index contributed by atoms with van der Waals surface area (Å²) < 4.78 is 8.84. The molecule has 23 heavy (non-hydrogen) atoms. The number of carbonyl (C=O) groups excluding carboxylic acids is 1. The Labute approximate surface area is 134 Å². The first-order valence-electron chi connectivity index (χ1n) is 7.47. The fourth-order valence-electron chi connectivity index (χ4n) is 2.81. The lowest BCUT2D eigenvalue weighted by atomic mass is 9.96. The van der Waals surface area contributed by atoms with Gasteiger partial charge in [0.05, 0.1) is 17.4 Å². The van der Waals surface area contributed by atoms with Gasteiger partial charge in [-0.15, -0.1) is 0 Å². The number of fused-ring (bicyclic) bond motifs is 1. The molecule has 8 nitrogen and oxygen atoms in total. The van der Waals surface area contributed by atoms with Crippen LogP contribution in [0.3, 0.4) is 0 Å². The van der Waals surface area contributed by atoms with Crippen LogP contribution in [0.1, 0.15) is 38.1 Å². The average molecular weight is 316 g/mol. The van der Waals surface area contributed by atoms with Crippen LogP contribution in [0, 0.1) is 6.92 Å². The zero-order valence-corrected chi connectivity index (χ0v) is 13.9. The molecule has 0 bridgehead atoms. The van der Waals surface area contributed by atoms with E-state index in [1.165, 1.54) is 6.33 Å². The Morgan fingerprint density at radius 2 is 2.13 bits per heavy atom. The van der Waals surface area contributed by atoms with Crippen molar-refractivity contribution in [3.8, 4) is 0 Å². The van der Waals surface area contributed by atoms with Crippen molar-refractivity contribution >= 4 is 11.9 Å². The van der Waals surface area contributed by atoms with Crippen LogP contribution in [0.15, 0.2) is 23.8 Å². The minimum absolute atomic E-state index is 0.199. The van der Waals surface area contributed by atoms with Gasteiger partial charge in [0, 0.05) is 24.5 Å². The lowest BCUT2D eigenvalue weighted by Gasteiger charge is -2.28. The van der Waals surface area contributed by atoms with Crippen LogP contribution in [0.4, 0.5) is 5.95 Å². The van der Waals surface area contributed by atoms with Gasteiger partial charge in [0.2, 0.25) is 5.95 Å². The van der Waals surface area contributed by atoms with Crippen molar-refractivity contribution in [1.29, 1.82) is 0 Å². The van der Waals surface area contributed by atoms with E-state index in [2.05, 4.69) is 20.5 Å². The van der Waals surface area contributed by atoms with Crippen molar-refractivity contribution in [1.82, 2.24) is 24.5 Å². The number of anilines is 1. The molecule has 8 heteroatoms. The molecule has 0 spiro atoms. The standard InChI is InChI=1S/C15H20N6O2/c1-8(2)23-14(22)12-10(4)18-15-16-7-17-21(15)13(12)11-6-20(5)19-9(11)3/h6-8,13H,1-5H3,(H,16,17,18)/t13-/m1/s1. The van der Waals surface area contributed by atoms with E-state index >= 15 is 0 Å². The Kier molecular flexibility index (Phi) is 3.67. The molecule has 0 saturated carbocycles. The normalized spacial score (nSPS) is 17.2. The molecule has 122 valence electrons. The fraction of sp³-hybridized carbons (Fsp3) is 0.467. The highest BCUT2D eigenvalue weighted by Gasteiger charge is 2.36. The summed E-state index contributed by atoms with van der Waals surface area (Å²) in [6.45, 7) is 7.41. The van der Waals surface area contributed by atoms with Crippen LogP contribution in [0.2, 0.25) is 0 Å². The highest BCUT2D eigenvalue weighted by molar-refractivity contribution is 5.92. The number of rotatable bonds is 3. The minimum atomic E-state index is -0.409. The molecule has 0 amide bonds. The summed E-state index contributed by atoms with van der Waals surface area (Å²) in [5.74, 6) is 0.233. The molecular formula is C15H20N6O2. The third-order valence-electron chi connectivity index (χ3n) is 3.70. The number of carbonyl (C=O) groups is 1. The van der Waals surface area contributed by atoms with Crippen molar-refractivity contribution < 1.29 is 9.53 Å². The van der Waals surface area contributed by atoms with E-state index < -0.39 is 6.04 Å². The first kappa shape index (κ1) is 15.3. The quantitative estimate of drug-likeness (QED) is 0.865. The third-order valence-corrected chi connectivity index (χ3v) is 3.70. The number of allylic oxidation sites excluding steroid dienone is 1. The molecule has 1 atom stereocenters. The topological polar surface area (TPSA) is 86.9 Å². The van der Waals surface area contributed by atoms with Gasteiger partial charge in [0.1, 0.15) is 12.4 Å². The molecule has 2 aromatic heterocycles. The predicted octanol–water partition coefficient (Wildman–Crippen LogP) is 1.56. The number of nitrogens with zero attached hydrogens (tertiary/aromatic N) is 5. The van der Waals surface area contributed by atoms with Crippen molar-refractivity contribution in [2.24, 2.45) is 7.05 Å². The van der Waals surface area contributed by atoms with Gasteiger partial charge in [0.25, 0.3) is 0 Å². The monoisotopic (exact) mass is 316 g/mol. The first-order valence-corrected chi connectivity index (χ1v) is 7.47. The molecule has 0 aliphatic carbocycles. The van der Waals surface area contributed by atoms with Crippen LogP contribution in [-0.4, -0.2) is 36.6 Å². The van der Waals surface area contributed by atoms with Crippen LogP contribution in [-0.2, 0) is 16.6 Å². The van der Waals surface area contributed by atoms with E-state index in [9.17, 15) is 4.79 Å². The Morgan fingerprint density at radius 1 is 1.39 bits per heavy atom. The molecule has 0 radical (unpaired) electrons. The molecule has 0 fully saturated rings. The number of nitrogens with one attached hydrogen (secondary N) is 1. The minimum Gasteiger partial charge on any atom is -0.459 e. The van der Waals surface area contributed by atoms with Crippen LogP contribution >= 0.6 is 0 Å². The second-order valence-electron chi connectivity index (χ2n) is 5.89. The van der Waals surface area contributed by atoms with Gasteiger partial charge in [-0.1, -0.05) is 0 Å². The first-order chi connectivity index (χ1) is 10.9. The smallest absolute Gasteiger partial charge is 0.338 e. The Bertz CT molecular complexity index is 786. The Hall–Kier alpha value is -2.64. The predicted molar refractivity (Wildman–Crippen MR) is 83.7 cm³/mol. The van der Waals surface area contributed by atoms with E-state index in [0.717, 1.165) is 11.3 Å². The summed E-state index contributed by atoms with van der Waals surface area (Å²) in [6, 6.07) is -0.409. The molecule has 1 aliphatic rings. The summed E-state index contributed by atoms with van der Waals surface area (Å²) in [5, 5.41) is 11.8. The van der Waals surface area contributed by atoms with Crippen molar-refractivity contribution in [2.45, 2.75) is 39.8 Å². The van der Waals surface area contributed by atoms with Crippen LogP contribution in [0.25, 0.3) is 0 Å². The molecular weight excluding hydrogens is 296 g/mol. The van der Waals surface area contributed by atoms with Crippen molar-refractivity contribution in [3.63, 3.8) is 0 Å². The van der Waals surface area contributed by atoms with Gasteiger partial charge in [0.15, 0.2) is 0 Å². The second kappa shape index (κ2) is 5.53. The number of aromatic nitrogens is 5. The van der Waals surface area contributed by atoms with E-state index in [0.29, 0.717) is 17.2 Å². The van der Waals surface area contributed by atoms with E-state index in [1.54, 1.807) is 9.36 Å². The SMILES string of the molecule is CC1=C(C(=O)OC(C)C)[C@@H](c2cn(C)nc2C)n2ncnc2N1. The maximum Gasteiger partial charge on any atom is 0.338 e. The van der Waals surface area contributed by atoms with Crippen molar-refractivity contribution in [2.75, 3.05) is 5.32 Å². The number of hydrogen-bond acceptors (Lipinski definition) is 6. The van der Waals surface area contributed by atoms with Crippen LogP contribution < -0.4 is 5.32 Å². The Balaban J connectivity index is 2.15. The van der Waals surface area contributed by atoms with Gasteiger partial charge in [-0.3, -0.25) is 4.68 Å². The molecule has 0 unspecified atom stereocenters. The zero-order valence-electron chi connectivity index (χ0n) is 13.9. The molecule has 3 rings (SSSR count). The largest absolute Gasteiger partial charge is 0.459 e. The number of hydrogen-bond donors (Lipinski definition) is 1. The average Bonchev–Trinajstić information content (AvgIpc) is 3.02. The van der Waals surface area contributed by atoms with Gasteiger partial charge in [-0.05, 0) is 27.7 Å². The number of aryl methyl sites for hydroxylation is 2. The lowest BCUT2D eigenvalue weighted by molar-refractivity contribution is -0.143. The van der Waals surface area contributed by atoms with Gasteiger partial charge < -0.3 is 10.1 Å². The number of ether oxygens (including phenoxy) is 1. The molecule has 1 aliphatic heterocycles. The molecule has 0 saturated heterocycles. The summed E-state index contributed by atoms with van der Waals surface area (Å²) in [7, 11) is 1.85. The molecule has 3 heterocycles. The Morgan fingerprint density at radius 3 is 2.74 bits per heavy atom. The maximum absolute atomic E-state index is 12.6. The second-order valence-corrected chi connectivity index (χ2v) is 5.89. The molecule has 0 aromatic carbocycles. The van der Waals surface area contributed by atoms with E-state index in [-0.39, 0.29) is 12.1 Å². The zero-order chi connectivity index (χ0) is 16.7. The maximum atomic E-state index is 12.6. The summed E-state index contributed by atoms with van der Waals surface area (Å²) in [4.78, 5) is 16.8. The summed E-state index contributed by atoms with van der Waals surface area (Å²) in [5.41, 5.74) is 2.97. The number of esters is 1.